The fraction of sp³-hybridized carbons (Fsp3) is 0.476. The lowest BCUT2D eigenvalue weighted by atomic mass is 9.98. The molecule has 3 heterocycles. The number of anilines is 2. The summed E-state index contributed by atoms with van der Waals surface area (Å²) in [6, 6.07) is 9.38. The number of nitrogens with zero attached hydrogens (tertiary/aromatic N) is 2. The summed E-state index contributed by atoms with van der Waals surface area (Å²) in [6.45, 7) is 4.94. The number of rotatable bonds is 5. The Morgan fingerprint density at radius 1 is 1.14 bits per heavy atom. The van der Waals surface area contributed by atoms with E-state index in [1.807, 2.05) is 12.1 Å². The number of carbonyl (C=O) groups is 1. The van der Waals surface area contributed by atoms with Crippen LogP contribution in [-0.4, -0.2) is 44.8 Å². The van der Waals surface area contributed by atoms with Crippen LogP contribution in [0.4, 0.5) is 11.4 Å². The first-order valence-corrected chi connectivity index (χ1v) is 12.5. The molecule has 0 radical (unpaired) electrons. The highest BCUT2D eigenvalue weighted by Gasteiger charge is 2.33. The quantitative estimate of drug-likeness (QED) is 0.781. The van der Waals surface area contributed by atoms with Crippen molar-refractivity contribution >= 4 is 38.6 Å². The normalized spacial score (nSPS) is 20.7. The second-order valence-electron chi connectivity index (χ2n) is 7.82. The van der Waals surface area contributed by atoms with Crippen molar-refractivity contribution in [1.29, 1.82) is 0 Å². The summed E-state index contributed by atoms with van der Waals surface area (Å²) in [6.07, 6.45) is 3.84. The maximum atomic E-state index is 12.8. The molecule has 2 aliphatic heterocycles. The van der Waals surface area contributed by atoms with E-state index in [2.05, 4.69) is 23.2 Å². The van der Waals surface area contributed by atoms with Crippen molar-refractivity contribution in [3.8, 4) is 0 Å². The van der Waals surface area contributed by atoms with E-state index < -0.39 is 10.0 Å². The third-order valence-electron chi connectivity index (χ3n) is 5.76. The SMILES string of the molecule is Cc1cc(NC(=O)[C@H]2CCCN(S(=O)(=O)c3cccs3)C2)ccc1N1CCCC1. The largest absolute Gasteiger partial charge is 0.371 e. The van der Waals surface area contributed by atoms with Gasteiger partial charge in [-0.25, -0.2) is 8.42 Å². The van der Waals surface area contributed by atoms with Gasteiger partial charge >= 0.3 is 0 Å². The zero-order valence-electron chi connectivity index (χ0n) is 16.6. The van der Waals surface area contributed by atoms with Crippen LogP contribution in [0.25, 0.3) is 0 Å². The van der Waals surface area contributed by atoms with E-state index in [1.54, 1.807) is 17.5 Å². The van der Waals surface area contributed by atoms with E-state index in [4.69, 9.17) is 0 Å². The van der Waals surface area contributed by atoms with Crippen LogP contribution in [-0.2, 0) is 14.8 Å². The minimum atomic E-state index is -3.51. The summed E-state index contributed by atoms with van der Waals surface area (Å²) in [5, 5.41) is 4.76. The van der Waals surface area contributed by atoms with Crippen LogP contribution in [0.2, 0.25) is 0 Å². The van der Waals surface area contributed by atoms with Crippen LogP contribution in [0.5, 0.6) is 0 Å². The summed E-state index contributed by atoms with van der Waals surface area (Å²) in [5.74, 6) is -0.443. The third kappa shape index (κ3) is 4.34. The number of nitrogens with one attached hydrogen (secondary N) is 1. The highest BCUT2D eigenvalue weighted by atomic mass is 32.2. The van der Waals surface area contributed by atoms with Crippen LogP contribution in [0.15, 0.2) is 39.9 Å². The molecule has 2 aromatic rings. The first-order valence-electron chi connectivity index (χ1n) is 10.2. The number of aryl methyl sites for hydroxylation is 1. The Morgan fingerprint density at radius 2 is 1.93 bits per heavy atom. The Bertz CT molecular complexity index is 967. The minimum Gasteiger partial charge on any atom is -0.371 e. The minimum absolute atomic E-state index is 0.107. The lowest BCUT2D eigenvalue weighted by Crippen LogP contribution is -2.43. The van der Waals surface area contributed by atoms with Gasteiger partial charge in [0, 0.05) is 37.6 Å². The van der Waals surface area contributed by atoms with Crippen LogP contribution in [0.3, 0.4) is 0 Å². The molecule has 8 heteroatoms. The average Bonchev–Trinajstić information content (AvgIpc) is 3.42. The topological polar surface area (TPSA) is 69.7 Å². The van der Waals surface area contributed by atoms with Gasteiger partial charge in [0.25, 0.3) is 10.0 Å². The molecule has 0 saturated carbocycles. The molecule has 2 saturated heterocycles. The van der Waals surface area contributed by atoms with Crippen molar-refractivity contribution in [2.75, 3.05) is 36.4 Å². The zero-order chi connectivity index (χ0) is 20.4. The van der Waals surface area contributed by atoms with Crippen molar-refractivity contribution in [1.82, 2.24) is 4.31 Å². The van der Waals surface area contributed by atoms with Gasteiger partial charge in [0.1, 0.15) is 4.21 Å². The van der Waals surface area contributed by atoms with Crippen molar-refractivity contribution in [3.05, 3.63) is 41.3 Å². The van der Waals surface area contributed by atoms with Crippen LogP contribution in [0.1, 0.15) is 31.2 Å². The summed E-state index contributed by atoms with van der Waals surface area (Å²) in [7, 11) is -3.51. The molecule has 1 atom stereocenters. The molecule has 1 amide bonds. The first kappa shape index (κ1) is 20.4. The van der Waals surface area contributed by atoms with E-state index >= 15 is 0 Å². The predicted octanol–water partition coefficient (Wildman–Crippen LogP) is 3.70. The highest BCUT2D eigenvalue weighted by Crippen LogP contribution is 2.29. The first-order chi connectivity index (χ1) is 13.9. The molecule has 0 spiro atoms. The average molecular weight is 434 g/mol. The maximum Gasteiger partial charge on any atom is 0.252 e. The zero-order valence-corrected chi connectivity index (χ0v) is 18.3. The van der Waals surface area contributed by atoms with Gasteiger partial charge in [-0.15, -0.1) is 11.3 Å². The molecule has 0 aliphatic carbocycles. The molecule has 2 aliphatic rings. The second-order valence-corrected chi connectivity index (χ2v) is 10.9. The van der Waals surface area contributed by atoms with Gasteiger partial charge in [-0.2, -0.15) is 4.31 Å². The summed E-state index contributed by atoms with van der Waals surface area (Å²) in [4.78, 5) is 15.2. The Morgan fingerprint density at radius 3 is 2.62 bits per heavy atom. The molecule has 0 bridgehead atoms. The smallest absolute Gasteiger partial charge is 0.252 e. The summed E-state index contributed by atoms with van der Waals surface area (Å²) < 4.78 is 27.4. The Kier molecular flexibility index (Phi) is 5.94. The molecule has 1 aromatic carbocycles. The van der Waals surface area contributed by atoms with Gasteiger partial charge in [-0.05, 0) is 67.8 Å². The molecule has 156 valence electrons. The molecule has 2 fully saturated rings. The molecular weight excluding hydrogens is 406 g/mol. The molecule has 1 aromatic heterocycles. The number of carbonyl (C=O) groups excluding carboxylic acids is 1. The molecule has 1 N–H and O–H groups in total. The lowest BCUT2D eigenvalue weighted by Gasteiger charge is -2.30. The van der Waals surface area contributed by atoms with Gasteiger partial charge in [-0.3, -0.25) is 4.79 Å². The van der Waals surface area contributed by atoms with Crippen molar-refractivity contribution in [2.24, 2.45) is 5.92 Å². The van der Waals surface area contributed by atoms with E-state index in [-0.39, 0.29) is 18.4 Å². The Hall–Kier alpha value is -1.90. The summed E-state index contributed by atoms with van der Waals surface area (Å²) >= 11 is 1.21. The van der Waals surface area contributed by atoms with Gasteiger partial charge in [-0.1, -0.05) is 6.07 Å². The summed E-state index contributed by atoms with van der Waals surface area (Å²) in [5.41, 5.74) is 3.15. The second kappa shape index (κ2) is 8.45. The molecule has 4 rings (SSSR count). The molecular formula is C21H27N3O3S2. The van der Waals surface area contributed by atoms with E-state index in [0.29, 0.717) is 23.6 Å². The van der Waals surface area contributed by atoms with E-state index in [0.717, 1.165) is 24.3 Å². The third-order valence-corrected chi connectivity index (χ3v) is 8.99. The number of hydrogen-bond donors (Lipinski definition) is 1. The van der Waals surface area contributed by atoms with Gasteiger partial charge in [0.15, 0.2) is 0 Å². The predicted molar refractivity (Wildman–Crippen MR) is 117 cm³/mol. The number of piperidine rings is 1. The van der Waals surface area contributed by atoms with E-state index in [1.165, 1.54) is 34.2 Å². The van der Waals surface area contributed by atoms with Gasteiger partial charge in [0.2, 0.25) is 5.91 Å². The highest BCUT2D eigenvalue weighted by molar-refractivity contribution is 7.91. The standard InChI is InChI=1S/C21H27N3O3S2/c1-16-14-18(8-9-19(16)23-10-2-3-11-23)22-21(25)17-6-4-12-24(15-17)29(26,27)20-7-5-13-28-20/h5,7-9,13-14,17H,2-4,6,10-12,15H2,1H3,(H,22,25)/t17-/m0/s1. The lowest BCUT2D eigenvalue weighted by molar-refractivity contribution is -0.120. The van der Waals surface area contributed by atoms with Crippen LogP contribution in [0, 0.1) is 12.8 Å². The van der Waals surface area contributed by atoms with Crippen LogP contribution < -0.4 is 10.2 Å². The Labute approximate surface area is 176 Å². The van der Waals surface area contributed by atoms with Crippen molar-refractivity contribution < 1.29 is 13.2 Å². The van der Waals surface area contributed by atoms with Crippen molar-refractivity contribution in [3.63, 3.8) is 0 Å². The van der Waals surface area contributed by atoms with Gasteiger partial charge in [0.05, 0.1) is 5.92 Å². The fourth-order valence-corrected chi connectivity index (χ4v) is 6.87. The number of sulfonamides is 1. The number of hydrogen-bond acceptors (Lipinski definition) is 5. The van der Waals surface area contributed by atoms with Crippen LogP contribution >= 0.6 is 11.3 Å². The van der Waals surface area contributed by atoms with Crippen molar-refractivity contribution in [2.45, 2.75) is 36.8 Å². The van der Waals surface area contributed by atoms with E-state index in [9.17, 15) is 13.2 Å². The molecule has 0 unspecified atom stereocenters. The monoisotopic (exact) mass is 433 g/mol. The Balaban J connectivity index is 1.42. The number of benzene rings is 1. The van der Waals surface area contributed by atoms with Gasteiger partial charge < -0.3 is 10.2 Å². The maximum absolute atomic E-state index is 12.8. The molecule has 29 heavy (non-hydrogen) atoms. The number of thiophene rings is 1. The number of amides is 1. The fourth-order valence-electron chi connectivity index (χ4n) is 4.20. The molecule has 6 nitrogen and oxygen atoms in total.